The van der Waals surface area contributed by atoms with Gasteiger partial charge in [0.2, 0.25) is 0 Å². The molecule has 0 saturated heterocycles. The highest BCUT2D eigenvalue weighted by atomic mass is 16.2. The van der Waals surface area contributed by atoms with Crippen molar-refractivity contribution in [3.63, 3.8) is 0 Å². The highest BCUT2D eigenvalue weighted by molar-refractivity contribution is 5.94. The number of hydrogen-bond acceptors (Lipinski definition) is 2. The third-order valence-electron chi connectivity index (χ3n) is 5.70. The Morgan fingerprint density at radius 2 is 1.69 bits per heavy atom. The summed E-state index contributed by atoms with van der Waals surface area (Å²) >= 11 is 0. The number of Topliss-reactive ketones (excluding diaryl/α,β-unsaturated/α-hetero) is 1. The zero-order valence-electron chi connectivity index (χ0n) is 14.9. The van der Waals surface area contributed by atoms with Gasteiger partial charge in [-0.15, -0.1) is 0 Å². The number of hydrogen-bond donors (Lipinski definition) is 0. The van der Waals surface area contributed by atoms with E-state index in [1.807, 2.05) is 41.3 Å². The molecule has 0 bridgehead atoms. The number of carbonyl (C=O) groups excluding carboxylic acids is 2. The number of ketones is 1. The predicted octanol–water partition coefficient (Wildman–Crippen LogP) is 4.05. The van der Waals surface area contributed by atoms with Crippen molar-refractivity contribution in [2.45, 2.75) is 25.7 Å². The highest BCUT2D eigenvalue weighted by Crippen LogP contribution is 2.45. The molecular weight excluding hydrogens is 322 g/mol. The Bertz CT molecular complexity index is 841. The molecule has 1 saturated carbocycles. The first-order chi connectivity index (χ1) is 12.7. The second kappa shape index (κ2) is 6.91. The van der Waals surface area contributed by atoms with Crippen molar-refractivity contribution in [1.82, 2.24) is 4.90 Å². The quantitative estimate of drug-likeness (QED) is 0.787. The second-order valence-electron chi connectivity index (χ2n) is 7.44. The van der Waals surface area contributed by atoms with E-state index in [9.17, 15) is 9.59 Å². The van der Waals surface area contributed by atoms with Crippen LogP contribution in [0, 0.1) is 5.41 Å². The minimum atomic E-state index is -0.113. The van der Waals surface area contributed by atoms with Gasteiger partial charge in [0.1, 0.15) is 5.78 Å². The van der Waals surface area contributed by atoms with E-state index in [4.69, 9.17) is 0 Å². The molecule has 3 heteroatoms. The molecular formula is C23H23NO2. The molecule has 0 aromatic heterocycles. The Balaban J connectivity index is 1.64. The molecule has 0 N–H and O–H groups in total. The summed E-state index contributed by atoms with van der Waals surface area (Å²) in [5, 5.41) is 0. The van der Waals surface area contributed by atoms with Crippen LogP contribution in [0.25, 0.3) is 0 Å². The number of benzene rings is 2. The first-order valence-corrected chi connectivity index (χ1v) is 9.26. The Kier molecular flexibility index (Phi) is 4.46. The van der Waals surface area contributed by atoms with E-state index in [-0.39, 0.29) is 11.3 Å². The van der Waals surface area contributed by atoms with Crippen LogP contribution >= 0.6 is 0 Å². The van der Waals surface area contributed by atoms with E-state index in [1.54, 1.807) is 0 Å². The number of amides is 1. The van der Waals surface area contributed by atoms with Crippen LogP contribution in [0.5, 0.6) is 0 Å². The maximum absolute atomic E-state index is 13.0. The van der Waals surface area contributed by atoms with Crippen LogP contribution in [0.1, 0.15) is 35.2 Å². The topological polar surface area (TPSA) is 37.4 Å². The standard InChI is InChI=1S/C23H23NO2/c25-21-11-13-23(16-18-7-3-1-4-8-18)17-24(14-12-20(23)15-21)22(26)19-9-5-2-6-10-19/h1-10,12H,11,13-17H2. The Morgan fingerprint density at radius 1 is 1.00 bits per heavy atom. The van der Waals surface area contributed by atoms with Gasteiger partial charge in [0, 0.05) is 36.9 Å². The van der Waals surface area contributed by atoms with Gasteiger partial charge in [0.05, 0.1) is 0 Å². The van der Waals surface area contributed by atoms with Gasteiger partial charge < -0.3 is 4.90 Å². The van der Waals surface area contributed by atoms with Crippen LogP contribution < -0.4 is 0 Å². The van der Waals surface area contributed by atoms with Crippen molar-refractivity contribution in [1.29, 1.82) is 0 Å². The molecule has 1 atom stereocenters. The van der Waals surface area contributed by atoms with Crippen LogP contribution in [0.4, 0.5) is 0 Å². The normalized spacial score (nSPS) is 22.5. The van der Waals surface area contributed by atoms with Crippen molar-refractivity contribution >= 4 is 11.7 Å². The van der Waals surface area contributed by atoms with Crippen molar-refractivity contribution < 1.29 is 9.59 Å². The van der Waals surface area contributed by atoms with E-state index in [0.29, 0.717) is 31.7 Å². The summed E-state index contributed by atoms with van der Waals surface area (Å²) in [4.78, 5) is 26.9. The van der Waals surface area contributed by atoms with E-state index < -0.39 is 0 Å². The third kappa shape index (κ3) is 3.22. The van der Waals surface area contributed by atoms with Crippen LogP contribution in [-0.2, 0) is 11.2 Å². The van der Waals surface area contributed by atoms with E-state index in [2.05, 4.69) is 30.3 Å². The largest absolute Gasteiger partial charge is 0.334 e. The summed E-state index contributed by atoms with van der Waals surface area (Å²) in [6, 6.07) is 19.9. The molecule has 132 valence electrons. The van der Waals surface area contributed by atoms with Crippen LogP contribution in [0.3, 0.4) is 0 Å². The van der Waals surface area contributed by atoms with Gasteiger partial charge in [-0.05, 0) is 30.5 Å². The summed E-state index contributed by atoms with van der Waals surface area (Å²) < 4.78 is 0. The molecule has 0 spiro atoms. The number of fused-ring (bicyclic) bond motifs is 1. The lowest BCUT2D eigenvalue weighted by molar-refractivity contribution is -0.120. The van der Waals surface area contributed by atoms with Gasteiger partial charge in [-0.1, -0.05) is 60.2 Å². The van der Waals surface area contributed by atoms with Crippen molar-refractivity contribution in [2.24, 2.45) is 5.41 Å². The summed E-state index contributed by atoms with van der Waals surface area (Å²) in [6.45, 7) is 1.28. The summed E-state index contributed by atoms with van der Waals surface area (Å²) in [5.41, 5.74) is 3.11. The summed E-state index contributed by atoms with van der Waals surface area (Å²) in [5.74, 6) is 0.396. The fourth-order valence-corrected chi connectivity index (χ4v) is 4.31. The number of nitrogens with zero attached hydrogens (tertiary/aromatic N) is 1. The van der Waals surface area contributed by atoms with Crippen LogP contribution in [0.2, 0.25) is 0 Å². The fourth-order valence-electron chi connectivity index (χ4n) is 4.31. The molecule has 2 aromatic carbocycles. The molecule has 1 heterocycles. The zero-order chi connectivity index (χ0) is 18.0. The van der Waals surface area contributed by atoms with Crippen LogP contribution in [-0.4, -0.2) is 29.7 Å². The molecule has 2 aromatic rings. The maximum Gasteiger partial charge on any atom is 0.254 e. The first kappa shape index (κ1) is 16.8. The van der Waals surface area contributed by atoms with Gasteiger partial charge in [0.25, 0.3) is 5.91 Å². The highest BCUT2D eigenvalue weighted by Gasteiger charge is 2.43. The minimum Gasteiger partial charge on any atom is -0.334 e. The molecule has 0 radical (unpaired) electrons. The van der Waals surface area contributed by atoms with Gasteiger partial charge in [-0.3, -0.25) is 9.59 Å². The molecule has 2 aliphatic rings. The molecule has 1 fully saturated rings. The first-order valence-electron chi connectivity index (χ1n) is 9.26. The second-order valence-corrected chi connectivity index (χ2v) is 7.44. The molecule has 26 heavy (non-hydrogen) atoms. The Hall–Kier alpha value is -2.68. The molecule has 1 amide bonds. The average molecular weight is 345 g/mol. The number of rotatable bonds is 3. The third-order valence-corrected chi connectivity index (χ3v) is 5.70. The SMILES string of the molecule is O=C1CCC2(Cc3ccccc3)CN(C(=O)c3ccccc3)CC=C2C1. The van der Waals surface area contributed by atoms with Crippen molar-refractivity contribution in [3.8, 4) is 0 Å². The predicted molar refractivity (Wildman–Crippen MR) is 102 cm³/mol. The Morgan fingerprint density at radius 3 is 2.42 bits per heavy atom. The van der Waals surface area contributed by atoms with E-state index in [0.717, 1.165) is 18.4 Å². The van der Waals surface area contributed by atoms with Gasteiger partial charge in [-0.25, -0.2) is 0 Å². The molecule has 1 aliphatic carbocycles. The van der Waals surface area contributed by atoms with Gasteiger partial charge in [0.15, 0.2) is 0 Å². The van der Waals surface area contributed by atoms with Crippen LogP contribution in [0.15, 0.2) is 72.3 Å². The molecule has 1 unspecified atom stereocenters. The summed E-state index contributed by atoms with van der Waals surface area (Å²) in [6.07, 6.45) is 4.98. The van der Waals surface area contributed by atoms with E-state index in [1.165, 1.54) is 11.1 Å². The Labute approximate surface area is 154 Å². The average Bonchev–Trinajstić information content (AvgIpc) is 2.69. The zero-order valence-corrected chi connectivity index (χ0v) is 14.9. The molecule has 1 aliphatic heterocycles. The maximum atomic E-state index is 13.0. The lowest BCUT2D eigenvalue weighted by Gasteiger charge is -2.46. The smallest absolute Gasteiger partial charge is 0.254 e. The summed E-state index contributed by atoms with van der Waals surface area (Å²) in [7, 11) is 0. The van der Waals surface area contributed by atoms with Gasteiger partial charge in [-0.2, -0.15) is 0 Å². The number of carbonyl (C=O) groups is 2. The fraction of sp³-hybridized carbons (Fsp3) is 0.304. The lowest BCUT2D eigenvalue weighted by Crippen LogP contribution is -2.49. The van der Waals surface area contributed by atoms with Crippen molar-refractivity contribution in [2.75, 3.05) is 13.1 Å². The lowest BCUT2D eigenvalue weighted by atomic mass is 9.65. The minimum absolute atomic E-state index is 0.0743. The van der Waals surface area contributed by atoms with E-state index >= 15 is 0 Å². The van der Waals surface area contributed by atoms with Gasteiger partial charge >= 0.3 is 0 Å². The van der Waals surface area contributed by atoms with Crippen molar-refractivity contribution in [3.05, 3.63) is 83.4 Å². The monoisotopic (exact) mass is 345 g/mol. The molecule has 4 rings (SSSR count). The molecule has 3 nitrogen and oxygen atoms in total.